The Morgan fingerprint density at radius 2 is 1.85 bits per heavy atom. The monoisotopic (exact) mass is 593 g/mol. The number of sulfone groups is 1. The van der Waals surface area contributed by atoms with Gasteiger partial charge in [-0.05, 0) is 49.1 Å². The van der Waals surface area contributed by atoms with Crippen LogP contribution in [-0.4, -0.2) is 58.6 Å². The number of nitrogens with zero attached hydrogens (tertiary/aromatic N) is 3. The third kappa shape index (κ3) is 6.54. The second-order valence-electron chi connectivity index (χ2n) is 10.6. The molecule has 0 saturated carbocycles. The first kappa shape index (κ1) is 28.8. The lowest BCUT2D eigenvalue weighted by atomic mass is 9.88. The van der Waals surface area contributed by atoms with E-state index < -0.39 is 27.8 Å². The van der Waals surface area contributed by atoms with Gasteiger partial charge < -0.3 is 15.4 Å². The van der Waals surface area contributed by atoms with E-state index in [1.54, 1.807) is 25.1 Å². The number of amides is 2. The average Bonchev–Trinajstić information content (AvgIpc) is 3.22. The molecule has 0 radical (unpaired) electrons. The van der Waals surface area contributed by atoms with Crippen molar-refractivity contribution in [3.05, 3.63) is 63.4 Å². The van der Waals surface area contributed by atoms with E-state index in [1.165, 1.54) is 23.0 Å². The number of aromatic nitrogens is 3. The summed E-state index contributed by atoms with van der Waals surface area (Å²) in [4.78, 5) is 31.1. The van der Waals surface area contributed by atoms with Gasteiger partial charge in [-0.2, -0.15) is 0 Å². The lowest BCUT2D eigenvalue weighted by Gasteiger charge is -2.28. The van der Waals surface area contributed by atoms with Crippen LogP contribution in [0.2, 0.25) is 10.0 Å². The number of carbonyl (C=O) groups is 2. The highest BCUT2D eigenvalue weighted by Gasteiger charge is 2.36. The van der Waals surface area contributed by atoms with Crippen molar-refractivity contribution < 1.29 is 22.7 Å². The number of rotatable bonds is 7. The van der Waals surface area contributed by atoms with Crippen LogP contribution in [0.4, 0.5) is 5.69 Å². The first-order valence-corrected chi connectivity index (χ1v) is 14.7. The Hall–Kier alpha value is -3.15. The summed E-state index contributed by atoms with van der Waals surface area (Å²) in [6.45, 7) is 9.65. The second-order valence-corrected chi connectivity index (χ2v) is 13.6. The molecule has 208 valence electrons. The Bertz CT molecular complexity index is 1540. The number of halogens is 2. The van der Waals surface area contributed by atoms with Crippen molar-refractivity contribution in [3.8, 4) is 11.7 Å². The first-order valence-electron chi connectivity index (χ1n) is 12.1. The standard InChI is InChI=1S/C26H29Cl2N5O5S/c1-14-9-16(27)10-18(24(34)30-15(2)26(3,4)5)22(14)31-25(35)20-11-21(38-17-12-39(36,37)13-17)32-33(20)23-19(28)7-6-8-29-23/h6-11,15,17H,12-13H2,1-5H3,(H,30,34)(H,31,35). The third-order valence-corrected chi connectivity index (χ3v) is 8.73. The van der Waals surface area contributed by atoms with Gasteiger partial charge in [0.05, 0.1) is 27.8 Å². The number of nitrogens with one attached hydrogen (secondary N) is 2. The number of anilines is 1. The molecule has 1 aromatic carbocycles. The number of hydrogen-bond donors (Lipinski definition) is 2. The average molecular weight is 595 g/mol. The lowest BCUT2D eigenvalue weighted by molar-refractivity contribution is 0.0911. The van der Waals surface area contributed by atoms with Gasteiger partial charge in [0.2, 0.25) is 5.88 Å². The van der Waals surface area contributed by atoms with Crippen LogP contribution in [0.1, 0.15) is 54.1 Å². The number of aryl methyl sites for hydroxylation is 1. The molecule has 2 N–H and O–H groups in total. The molecule has 13 heteroatoms. The van der Waals surface area contributed by atoms with Crippen LogP contribution in [-0.2, 0) is 9.84 Å². The van der Waals surface area contributed by atoms with Gasteiger partial charge in [0.1, 0.15) is 11.8 Å². The molecule has 0 aliphatic carbocycles. The van der Waals surface area contributed by atoms with Gasteiger partial charge in [0.15, 0.2) is 15.7 Å². The van der Waals surface area contributed by atoms with Gasteiger partial charge in [-0.15, -0.1) is 5.10 Å². The molecule has 3 aromatic rings. The minimum absolute atomic E-state index is 0.0107. The van der Waals surface area contributed by atoms with Crippen LogP contribution in [0.5, 0.6) is 5.88 Å². The fraction of sp³-hybridized carbons (Fsp3) is 0.385. The first-order chi connectivity index (χ1) is 18.1. The topological polar surface area (TPSA) is 132 Å². The van der Waals surface area contributed by atoms with Crippen LogP contribution in [0.3, 0.4) is 0 Å². The highest BCUT2D eigenvalue weighted by molar-refractivity contribution is 7.92. The van der Waals surface area contributed by atoms with Crippen molar-refractivity contribution in [2.75, 3.05) is 16.8 Å². The lowest BCUT2D eigenvalue weighted by Crippen LogP contribution is -2.45. The fourth-order valence-electron chi connectivity index (χ4n) is 3.79. The van der Waals surface area contributed by atoms with E-state index in [4.69, 9.17) is 27.9 Å². The summed E-state index contributed by atoms with van der Waals surface area (Å²) in [5.74, 6) is -1.09. The predicted molar refractivity (Wildman–Crippen MR) is 150 cm³/mol. The van der Waals surface area contributed by atoms with Crippen LogP contribution in [0, 0.1) is 12.3 Å². The number of benzene rings is 1. The maximum absolute atomic E-state index is 13.6. The molecule has 4 rings (SSSR count). The van der Waals surface area contributed by atoms with Crippen LogP contribution < -0.4 is 15.4 Å². The van der Waals surface area contributed by atoms with E-state index in [9.17, 15) is 18.0 Å². The van der Waals surface area contributed by atoms with Crippen LogP contribution >= 0.6 is 23.2 Å². The summed E-state index contributed by atoms with van der Waals surface area (Å²) >= 11 is 12.6. The van der Waals surface area contributed by atoms with Gasteiger partial charge in [0.25, 0.3) is 11.8 Å². The van der Waals surface area contributed by atoms with Crippen molar-refractivity contribution >= 4 is 50.5 Å². The van der Waals surface area contributed by atoms with Crippen molar-refractivity contribution in [2.45, 2.75) is 46.8 Å². The molecular weight excluding hydrogens is 565 g/mol. The number of ether oxygens (including phenoxy) is 1. The van der Waals surface area contributed by atoms with Crippen molar-refractivity contribution in [1.29, 1.82) is 0 Å². The Balaban J connectivity index is 1.70. The van der Waals surface area contributed by atoms with E-state index in [2.05, 4.69) is 20.7 Å². The number of pyridine rings is 1. The molecule has 1 fully saturated rings. The molecule has 10 nitrogen and oxygen atoms in total. The molecule has 0 bridgehead atoms. The van der Waals surface area contributed by atoms with Gasteiger partial charge in [0, 0.05) is 23.3 Å². The largest absolute Gasteiger partial charge is 0.471 e. The minimum atomic E-state index is -3.13. The Morgan fingerprint density at radius 1 is 1.15 bits per heavy atom. The van der Waals surface area contributed by atoms with Crippen molar-refractivity contribution in [1.82, 2.24) is 20.1 Å². The molecule has 1 unspecified atom stereocenters. The van der Waals surface area contributed by atoms with Crippen LogP contribution in [0.15, 0.2) is 36.5 Å². The minimum Gasteiger partial charge on any atom is -0.471 e. The molecular formula is C26H29Cl2N5O5S. The summed E-state index contributed by atoms with van der Waals surface area (Å²) in [5, 5.41) is 10.7. The summed E-state index contributed by atoms with van der Waals surface area (Å²) in [6, 6.07) is 7.56. The van der Waals surface area contributed by atoms with E-state index in [0.717, 1.165) is 0 Å². The summed E-state index contributed by atoms with van der Waals surface area (Å²) < 4.78 is 30.0. The molecule has 39 heavy (non-hydrogen) atoms. The van der Waals surface area contributed by atoms with Crippen molar-refractivity contribution in [3.63, 3.8) is 0 Å². The van der Waals surface area contributed by atoms with Gasteiger partial charge in [-0.25, -0.2) is 18.1 Å². The van der Waals surface area contributed by atoms with E-state index in [-0.39, 0.29) is 56.6 Å². The molecule has 0 spiro atoms. The molecule has 1 atom stereocenters. The smallest absolute Gasteiger partial charge is 0.274 e. The summed E-state index contributed by atoms with van der Waals surface area (Å²) in [5.41, 5.74) is 0.856. The van der Waals surface area contributed by atoms with E-state index in [0.29, 0.717) is 10.6 Å². The molecule has 1 aliphatic rings. The number of hydrogen-bond acceptors (Lipinski definition) is 7. The van der Waals surface area contributed by atoms with E-state index >= 15 is 0 Å². The zero-order valence-corrected chi connectivity index (χ0v) is 24.4. The van der Waals surface area contributed by atoms with Gasteiger partial charge in [-0.3, -0.25) is 9.59 Å². The van der Waals surface area contributed by atoms with Crippen molar-refractivity contribution in [2.24, 2.45) is 5.41 Å². The fourth-order valence-corrected chi connectivity index (χ4v) is 5.43. The maximum Gasteiger partial charge on any atom is 0.274 e. The summed E-state index contributed by atoms with van der Waals surface area (Å²) in [6.07, 6.45) is 0.915. The predicted octanol–water partition coefficient (Wildman–Crippen LogP) is 4.48. The maximum atomic E-state index is 13.6. The Labute approximate surface area is 237 Å². The normalized spacial score (nSPS) is 15.8. The van der Waals surface area contributed by atoms with Gasteiger partial charge in [-0.1, -0.05) is 44.0 Å². The Morgan fingerprint density at radius 3 is 2.46 bits per heavy atom. The Kier molecular flexibility index (Phi) is 7.98. The van der Waals surface area contributed by atoms with E-state index in [1.807, 2.05) is 27.7 Å². The highest BCUT2D eigenvalue weighted by Crippen LogP contribution is 2.29. The zero-order valence-electron chi connectivity index (χ0n) is 22.1. The molecule has 2 amide bonds. The van der Waals surface area contributed by atoms with Crippen LogP contribution in [0.25, 0.3) is 5.82 Å². The quantitative estimate of drug-likeness (QED) is 0.413. The number of carbonyl (C=O) groups excluding carboxylic acids is 2. The zero-order chi connectivity index (χ0) is 28.7. The molecule has 3 heterocycles. The SMILES string of the molecule is Cc1cc(Cl)cc(C(=O)NC(C)C(C)(C)C)c1NC(=O)c1cc(OC2CS(=O)(=O)C2)nn1-c1ncccc1Cl. The summed E-state index contributed by atoms with van der Waals surface area (Å²) in [7, 11) is -3.13. The van der Waals surface area contributed by atoms with Gasteiger partial charge >= 0.3 is 0 Å². The third-order valence-electron chi connectivity index (χ3n) is 6.46. The molecule has 1 aliphatic heterocycles. The second kappa shape index (κ2) is 10.8. The highest BCUT2D eigenvalue weighted by atomic mass is 35.5. The molecule has 1 saturated heterocycles. The molecule has 2 aromatic heterocycles.